The zero-order chi connectivity index (χ0) is 22.3. The number of anilines is 2. The van der Waals surface area contributed by atoms with E-state index in [1.807, 2.05) is 43.9 Å². The topological polar surface area (TPSA) is 78.8 Å². The molecule has 31 heavy (non-hydrogen) atoms. The van der Waals surface area contributed by atoms with E-state index in [-0.39, 0.29) is 35.2 Å². The Morgan fingerprint density at radius 2 is 2.00 bits per heavy atom. The highest BCUT2D eigenvalue weighted by Crippen LogP contribution is 2.37. The van der Waals surface area contributed by atoms with Crippen LogP contribution in [0, 0.1) is 20.8 Å². The van der Waals surface area contributed by atoms with Gasteiger partial charge in [0, 0.05) is 16.4 Å². The molecule has 6 nitrogen and oxygen atoms in total. The lowest BCUT2D eigenvalue weighted by molar-refractivity contribution is -0.113. The van der Waals surface area contributed by atoms with Crippen molar-refractivity contribution in [3.8, 4) is 0 Å². The van der Waals surface area contributed by atoms with E-state index >= 15 is 0 Å². The number of thioether (sulfide) groups is 1. The Balaban J connectivity index is 1.54. The number of nitrogens with zero attached hydrogens (tertiary/aromatic N) is 2. The van der Waals surface area contributed by atoms with Crippen LogP contribution in [0.3, 0.4) is 0 Å². The molecular weight excluding hydrogens is 454 g/mol. The first-order chi connectivity index (χ1) is 14.6. The van der Waals surface area contributed by atoms with Gasteiger partial charge in [-0.2, -0.15) is 0 Å². The first kappa shape index (κ1) is 22.2. The average molecular weight is 478 g/mol. The number of carbonyl (C=O) groups is 1. The molecule has 0 aliphatic carbocycles. The lowest BCUT2D eigenvalue weighted by Gasteiger charge is -2.28. The maximum atomic E-state index is 12.6. The van der Waals surface area contributed by atoms with E-state index in [0.717, 1.165) is 22.4 Å². The van der Waals surface area contributed by atoms with E-state index < -0.39 is 9.84 Å². The van der Waals surface area contributed by atoms with Crippen LogP contribution in [0.5, 0.6) is 0 Å². The Morgan fingerprint density at radius 1 is 1.23 bits per heavy atom. The van der Waals surface area contributed by atoms with Gasteiger partial charge < -0.3 is 10.2 Å². The molecule has 1 saturated heterocycles. The summed E-state index contributed by atoms with van der Waals surface area (Å²) in [5, 5.41) is 4.19. The highest BCUT2D eigenvalue weighted by Gasteiger charge is 2.47. The summed E-state index contributed by atoms with van der Waals surface area (Å²) >= 11 is 7.47. The molecule has 164 valence electrons. The van der Waals surface area contributed by atoms with Crippen LogP contribution in [-0.4, -0.2) is 48.8 Å². The zero-order valence-electron chi connectivity index (χ0n) is 17.6. The summed E-state index contributed by atoms with van der Waals surface area (Å²) in [7, 11) is -3.12. The Morgan fingerprint density at radius 3 is 2.74 bits per heavy atom. The van der Waals surface area contributed by atoms with Gasteiger partial charge >= 0.3 is 0 Å². The molecule has 1 fully saturated rings. The number of carbonyl (C=O) groups excluding carboxylic acids is 1. The minimum absolute atomic E-state index is 0.0526. The molecule has 2 aliphatic rings. The van der Waals surface area contributed by atoms with Gasteiger partial charge in [0.15, 0.2) is 15.0 Å². The third-order valence-electron chi connectivity index (χ3n) is 5.59. The molecule has 0 radical (unpaired) electrons. The molecule has 1 N–H and O–H groups in total. The number of amidine groups is 1. The van der Waals surface area contributed by atoms with Crippen LogP contribution >= 0.6 is 23.4 Å². The molecule has 0 unspecified atom stereocenters. The molecule has 4 rings (SSSR count). The van der Waals surface area contributed by atoms with Crippen LogP contribution in [0.4, 0.5) is 11.4 Å². The summed E-state index contributed by atoms with van der Waals surface area (Å²) in [6, 6.07) is 10.9. The molecule has 1 amide bonds. The van der Waals surface area contributed by atoms with Gasteiger partial charge in [0.05, 0.1) is 29.3 Å². The second-order valence-electron chi connectivity index (χ2n) is 8.03. The molecule has 2 aromatic rings. The third kappa shape index (κ3) is 4.61. The van der Waals surface area contributed by atoms with E-state index in [4.69, 9.17) is 16.6 Å². The zero-order valence-corrected chi connectivity index (χ0v) is 19.9. The number of hydrogen-bond acceptors (Lipinski definition) is 6. The van der Waals surface area contributed by atoms with Crippen molar-refractivity contribution in [3.05, 3.63) is 58.1 Å². The molecule has 0 bridgehead atoms. The van der Waals surface area contributed by atoms with Crippen molar-refractivity contribution in [3.63, 3.8) is 0 Å². The van der Waals surface area contributed by atoms with E-state index in [1.54, 1.807) is 12.1 Å². The van der Waals surface area contributed by atoms with E-state index in [9.17, 15) is 13.2 Å². The molecule has 2 aromatic carbocycles. The number of aryl methyl sites for hydroxylation is 2. The Kier molecular flexibility index (Phi) is 6.07. The van der Waals surface area contributed by atoms with Crippen LogP contribution in [-0.2, 0) is 14.6 Å². The molecule has 0 aromatic heterocycles. The Labute approximate surface area is 192 Å². The van der Waals surface area contributed by atoms with E-state index in [2.05, 4.69) is 11.4 Å². The molecule has 2 atom stereocenters. The Hall–Kier alpha value is -2.03. The second-order valence-corrected chi connectivity index (χ2v) is 11.5. The van der Waals surface area contributed by atoms with Crippen molar-refractivity contribution in [2.75, 3.05) is 27.5 Å². The van der Waals surface area contributed by atoms with Gasteiger partial charge in [0.2, 0.25) is 5.91 Å². The van der Waals surface area contributed by atoms with Gasteiger partial charge in [-0.25, -0.2) is 8.42 Å². The summed E-state index contributed by atoms with van der Waals surface area (Å²) in [6.07, 6.45) is 0. The van der Waals surface area contributed by atoms with E-state index in [1.165, 1.54) is 11.8 Å². The van der Waals surface area contributed by atoms with Crippen molar-refractivity contribution < 1.29 is 13.2 Å². The van der Waals surface area contributed by atoms with Gasteiger partial charge in [0.25, 0.3) is 0 Å². The number of sulfone groups is 1. The number of benzene rings is 2. The maximum Gasteiger partial charge on any atom is 0.234 e. The van der Waals surface area contributed by atoms with Crippen LogP contribution in [0.15, 0.2) is 41.4 Å². The quantitative estimate of drug-likeness (QED) is 0.720. The number of fused-ring (bicyclic) bond motifs is 1. The third-order valence-corrected chi connectivity index (χ3v) is 8.67. The maximum absolute atomic E-state index is 12.6. The average Bonchev–Trinajstić information content (AvgIpc) is 3.15. The summed E-state index contributed by atoms with van der Waals surface area (Å²) in [4.78, 5) is 19.3. The lowest BCUT2D eigenvalue weighted by Crippen LogP contribution is -2.39. The molecular formula is C22H24ClN3O3S2. The number of amides is 1. The summed E-state index contributed by atoms with van der Waals surface area (Å²) < 4.78 is 24.4. The summed E-state index contributed by atoms with van der Waals surface area (Å²) in [5.41, 5.74) is 4.63. The van der Waals surface area contributed by atoms with Crippen molar-refractivity contribution in [1.82, 2.24) is 0 Å². The van der Waals surface area contributed by atoms with Crippen LogP contribution in [0.25, 0.3) is 0 Å². The van der Waals surface area contributed by atoms with Gasteiger partial charge in [0.1, 0.15) is 0 Å². The van der Waals surface area contributed by atoms with Crippen molar-refractivity contribution >= 4 is 55.6 Å². The summed E-state index contributed by atoms with van der Waals surface area (Å²) in [6.45, 7) is 5.89. The molecule has 2 aliphatic heterocycles. The number of rotatable bonds is 4. The standard InChI is InChI=1S/C22H24ClN3O3S2/c1-13-7-8-19(14(2)9-13)26-20-12-31(28,29)11-18(20)25-22(26)30-10-21(27)24-17-6-4-5-16(23)15(17)3/h4-9,18,20H,10-12H2,1-3H3,(H,24,27)/t18-,20-/m1/s1. The predicted molar refractivity (Wildman–Crippen MR) is 129 cm³/mol. The van der Waals surface area contributed by atoms with Crippen molar-refractivity contribution in [1.29, 1.82) is 0 Å². The molecule has 0 spiro atoms. The van der Waals surface area contributed by atoms with Gasteiger partial charge in [-0.05, 0) is 50.1 Å². The molecule has 9 heteroatoms. The van der Waals surface area contributed by atoms with Crippen LogP contribution in [0.1, 0.15) is 16.7 Å². The van der Waals surface area contributed by atoms with Gasteiger partial charge in [-0.1, -0.05) is 47.1 Å². The summed E-state index contributed by atoms with van der Waals surface area (Å²) in [5.74, 6) is 0.130. The van der Waals surface area contributed by atoms with Crippen LogP contribution < -0.4 is 10.2 Å². The minimum atomic E-state index is -3.12. The van der Waals surface area contributed by atoms with Crippen LogP contribution in [0.2, 0.25) is 5.02 Å². The molecule has 0 saturated carbocycles. The van der Waals surface area contributed by atoms with Crippen molar-refractivity contribution in [2.45, 2.75) is 32.9 Å². The number of hydrogen-bond donors (Lipinski definition) is 1. The highest BCUT2D eigenvalue weighted by molar-refractivity contribution is 8.14. The smallest absolute Gasteiger partial charge is 0.234 e. The monoisotopic (exact) mass is 477 g/mol. The SMILES string of the molecule is Cc1ccc(N2C(SCC(=O)Nc3cccc(Cl)c3C)=N[C@@H]3CS(=O)(=O)C[C@H]32)c(C)c1. The highest BCUT2D eigenvalue weighted by atomic mass is 35.5. The lowest BCUT2D eigenvalue weighted by atomic mass is 10.1. The number of aliphatic imine (C=N–C) groups is 1. The van der Waals surface area contributed by atoms with Crippen molar-refractivity contribution in [2.24, 2.45) is 4.99 Å². The van der Waals surface area contributed by atoms with Gasteiger partial charge in [-0.3, -0.25) is 9.79 Å². The number of halogens is 1. The van der Waals surface area contributed by atoms with E-state index in [0.29, 0.717) is 15.9 Å². The fourth-order valence-corrected chi connectivity index (χ4v) is 6.98. The number of nitrogens with one attached hydrogen (secondary N) is 1. The van der Waals surface area contributed by atoms with Gasteiger partial charge in [-0.15, -0.1) is 0 Å². The Bertz CT molecular complexity index is 1180. The first-order valence-corrected chi connectivity index (χ1v) is 13.2. The predicted octanol–water partition coefficient (Wildman–Crippen LogP) is 3.98. The normalized spacial score (nSPS) is 21.7. The fourth-order valence-electron chi connectivity index (χ4n) is 4.05. The second kappa shape index (κ2) is 8.48. The largest absolute Gasteiger partial charge is 0.325 e. The fraction of sp³-hybridized carbons (Fsp3) is 0.364. The first-order valence-electron chi connectivity index (χ1n) is 9.97. The minimum Gasteiger partial charge on any atom is -0.325 e. The molecule has 2 heterocycles.